The molecule has 0 unspecified atom stereocenters. The molecule has 1 aromatic rings. The number of benzene rings is 1. The highest BCUT2D eigenvalue weighted by atomic mass is 32.2. The number of sulfonamides is 1. The van der Waals surface area contributed by atoms with Crippen LogP contribution in [-0.2, 0) is 10.0 Å². The van der Waals surface area contributed by atoms with Gasteiger partial charge in [-0.05, 0) is 43.4 Å². The van der Waals surface area contributed by atoms with Crippen molar-refractivity contribution in [3.8, 4) is 6.07 Å². The van der Waals surface area contributed by atoms with Crippen molar-refractivity contribution in [1.82, 2.24) is 4.31 Å². The molecule has 1 fully saturated rings. The predicted molar refractivity (Wildman–Crippen MR) is 74.5 cm³/mol. The lowest BCUT2D eigenvalue weighted by Crippen LogP contribution is -2.39. The lowest BCUT2D eigenvalue weighted by molar-refractivity contribution is 0.170. The van der Waals surface area contributed by atoms with Crippen LogP contribution in [0.5, 0.6) is 0 Å². The van der Waals surface area contributed by atoms with E-state index in [4.69, 9.17) is 10.4 Å². The highest BCUT2D eigenvalue weighted by molar-refractivity contribution is 7.89. The minimum atomic E-state index is -3.56. The van der Waals surface area contributed by atoms with Crippen LogP contribution < -0.4 is 0 Å². The van der Waals surface area contributed by atoms with Crippen molar-refractivity contribution in [1.29, 1.82) is 5.26 Å². The topological polar surface area (TPSA) is 81.4 Å². The fourth-order valence-corrected chi connectivity index (χ4v) is 4.14. The third-order valence-electron chi connectivity index (χ3n) is 3.77. The number of hydrogen-bond donors (Lipinski definition) is 1. The first-order valence-electron chi connectivity index (χ1n) is 6.61. The maximum Gasteiger partial charge on any atom is 0.243 e. The molecule has 0 bridgehead atoms. The molecule has 5 nitrogen and oxygen atoms in total. The van der Waals surface area contributed by atoms with Crippen LogP contribution in [0.1, 0.15) is 24.0 Å². The molecule has 0 spiro atoms. The van der Waals surface area contributed by atoms with Crippen molar-refractivity contribution in [2.24, 2.45) is 5.92 Å². The Kier molecular flexibility index (Phi) is 4.43. The number of aliphatic hydroxyl groups excluding tert-OH is 1. The van der Waals surface area contributed by atoms with Gasteiger partial charge >= 0.3 is 0 Å². The summed E-state index contributed by atoms with van der Waals surface area (Å²) >= 11 is 0. The van der Waals surface area contributed by atoms with Gasteiger partial charge in [-0.2, -0.15) is 9.57 Å². The highest BCUT2D eigenvalue weighted by Crippen LogP contribution is 2.26. The second-order valence-electron chi connectivity index (χ2n) is 5.12. The number of rotatable bonds is 3. The van der Waals surface area contributed by atoms with E-state index >= 15 is 0 Å². The molecule has 1 aliphatic heterocycles. The molecule has 0 atom stereocenters. The summed E-state index contributed by atoms with van der Waals surface area (Å²) in [5.41, 5.74) is 0.993. The maximum atomic E-state index is 12.6. The van der Waals surface area contributed by atoms with Gasteiger partial charge in [-0.25, -0.2) is 8.42 Å². The molecule has 2 rings (SSSR count). The Morgan fingerprint density at radius 2 is 2.05 bits per heavy atom. The van der Waals surface area contributed by atoms with Gasteiger partial charge in [-0.15, -0.1) is 0 Å². The molecule has 0 amide bonds. The van der Waals surface area contributed by atoms with E-state index in [2.05, 4.69) is 0 Å². The summed E-state index contributed by atoms with van der Waals surface area (Å²) in [6.45, 7) is 2.68. The molecule has 0 aromatic heterocycles. The standard InChI is InChI=1S/C14H18N2O3S/c1-11-2-3-13(9-15)8-14(11)20(18,19)16-6-4-12(10-17)5-7-16/h2-3,8,12,17H,4-7,10H2,1H3. The van der Waals surface area contributed by atoms with Gasteiger partial charge in [0.15, 0.2) is 0 Å². The van der Waals surface area contributed by atoms with E-state index in [0.717, 1.165) is 0 Å². The lowest BCUT2D eigenvalue weighted by Gasteiger charge is -2.30. The van der Waals surface area contributed by atoms with E-state index in [1.807, 2.05) is 6.07 Å². The first-order valence-corrected chi connectivity index (χ1v) is 8.05. The molecule has 1 aliphatic rings. The minimum Gasteiger partial charge on any atom is -0.396 e. The van der Waals surface area contributed by atoms with Gasteiger partial charge in [0.2, 0.25) is 10.0 Å². The minimum absolute atomic E-state index is 0.108. The number of nitrogens with zero attached hydrogens (tertiary/aromatic N) is 2. The van der Waals surface area contributed by atoms with Crippen molar-refractivity contribution in [2.75, 3.05) is 19.7 Å². The van der Waals surface area contributed by atoms with Crippen LogP contribution in [0, 0.1) is 24.2 Å². The van der Waals surface area contributed by atoms with Crippen LogP contribution in [0.4, 0.5) is 0 Å². The Bertz CT molecular complexity index is 626. The Balaban J connectivity index is 2.30. The molecule has 108 valence electrons. The second kappa shape index (κ2) is 5.92. The van der Waals surface area contributed by atoms with E-state index in [-0.39, 0.29) is 17.4 Å². The summed E-state index contributed by atoms with van der Waals surface area (Å²) in [7, 11) is -3.56. The summed E-state index contributed by atoms with van der Waals surface area (Å²) in [6.07, 6.45) is 1.35. The highest BCUT2D eigenvalue weighted by Gasteiger charge is 2.30. The lowest BCUT2D eigenvalue weighted by atomic mass is 10.00. The molecular weight excluding hydrogens is 276 g/mol. The fraction of sp³-hybridized carbons (Fsp3) is 0.500. The molecule has 1 aromatic carbocycles. The van der Waals surface area contributed by atoms with Crippen LogP contribution in [0.3, 0.4) is 0 Å². The zero-order valence-electron chi connectivity index (χ0n) is 11.4. The predicted octanol–water partition coefficient (Wildman–Crippen LogP) is 1.26. The molecule has 6 heteroatoms. The summed E-state index contributed by atoms with van der Waals surface area (Å²) in [4.78, 5) is 0.207. The molecule has 1 N–H and O–H groups in total. The molecule has 0 radical (unpaired) electrons. The van der Waals surface area contributed by atoms with E-state index in [1.54, 1.807) is 19.1 Å². The number of nitriles is 1. The molecule has 1 saturated heterocycles. The van der Waals surface area contributed by atoms with Gasteiger partial charge in [-0.3, -0.25) is 0 Å². The maximum absolute atomic E-state index is 12.6. The number of aliphatic hydroxyl groups is 1. The third kappa shape index (κ3) is 2.85. The van der Waals surface area contributed by atoms with Crippen molar-refractivity contribution in [2.45, 2.75) is 24.7 Å². The molecule has 0 aliphatic carbocycles. The number of piperidine rings is 1. The average molecular weight is 294 g/mol. The zero-order chi connectivity index (χ0) is 14.8. The zero-order valence-corrected chi connectivity index (χ0v) is 12.2. The van der Waals surface area contributed by atoms with Crippen molar-refractivity contribution >= 4 is 10.0 Å². The summed E-state index contributed by atoms with van der Waals surface area (Å²) < 4.78 is 26.7. The summed E-state index contributed by atoms with van der Waals surface area (Å²) in [6, 6.07) is 6.68. The number of hydrogen-bond acceptors (Lipinski definition) is 4. The first-order chi connectivity index (χ1) is 9.48. The normalized spacial score (nSPS) is 17.9. The van der Waals surface area contributed by atoms with E-state index < -0.39 is 10.0 Å². The second-order valence-corrected chi connectivity index (χ2v) is 7.03. The Hall–Kier alpha value is -1.42. The van der Waals surface area contributed by atoms with Crippen LogP contribution in [0.25, 0.3) is 0 Å². The van der Waals surface area contributed by atoms with Crippen LogP contribution >= 0.6 is 0 Å². The van der Waals surface area contributed by atoms with Crippen LogP contribution in [-0.4, -0.2) is 37.5 Å². The number of aryl methyl sites for hydroxylation is 1. The van der Waals surface area contributed by atoms with Gasteiger partial charge < -0.3 is 5.11 Å². The average Bonchev–Trinajstić information content (AvgIpc) is 2.47. The van der Waals surface area contributed by atoms with Crippen LogP contribution in [0.2, 0.25) is 0 Å². The summed E-state index contributed by atoms with van der Waals surface area (Å²) in [5.74, 6) is 0.188. The first kappa shape index (κ1) is 15.0. The van der Waals surface area contributed by atoms with E-state index in [1.165, 1.54) is 10.4 Å². The van der Waals surface area contributed by atoms with Gasteiger partial charge in [0.25, 0.3) is 0 Å². The molecule has 1 heterocycles. The van der Waals surface area contributed by atoms with Crippen molar-refractivity contribution < 1.29 is 13.5 Å². The molecule has 20 heavy (non-hydrogen) atoms. The molecular formula is C14H18N2O3S. The van der Waals surface area contributed by atoms with Crippen molar-refractivity contribution in [3.05, 3.63) is 29.3 Å². The van der Waals surface area contributed by atoms with Gasteiger partial charge in [0.1, 0.15) is 0 Å². The smallest absolute Gasteiger partial charge is 0.243 e. The SMILES string of the molecule is Cc1ccc(C#N)cc1S(=O)(=O)N1CCC(CO)CC1. The fourth-order valence-electron chi connectivity index (χ4n) is 2.42. The quantitative estimate of drug-likeness (QED) is 0.910. The van der Waals surface area contributed by atoms with Gasteiger partial charge in [-0.1, -0.05) is 6.07 Å². The van der Waals surface area contributed by atoms with Gasteiger partial charge in [0, 0.05) is 19.7 Å². The van der Waals surface area contributed by atoms with E-state index in [0.29, 0.717) is 37.1 Å². The third-order valence-corrected chi connectivity index (χ3v) is 5.81. The monoisotopic (exact) mass is 294 g/mol. The van der Waals surface area contributed by atoms with Crippen molar-refractivity contribution in [3.63, 3.8) is 0 Å². The Labute approximate surface area is 119 Å². The molecule has 0 saturated carbocycles. The Morgan fingerprint density at radius 3 is 2.60 bits per heavy atom. The van der Waals surface area contributed by atoms with Gasteiger partial charge in [0.05, 0.1) is 16.5 Å². The van der Waals surface area contributed by atoms with E-state index in [9.17, 15) is 8.42 Å². The van der Waals surface area contributed by atoms with Crippen LogP contribution in [0.15, 0.2) is 23.1 Å². The largest absolute Gasteiger partial charge is 0.396 e. The summed E-state index contributed by atoms with van der Waals surface area (Å²) in [5, 5.41) is 18.0. The Morgan fingerprint density at radius 1 is 1.40 bits per heavy atom.